The van der Waals surface area contributed by atoms with Crippen molar-refractivity contribution in [2.24, 2.45) is 11.7 Å². The molecular weight excluding hydrogens is 254 g/mol. The molecule has 0 spiro atoms. The van der Waals surface area contributed by atoms with Gasteiger partial charge in [-0.15, -0.1) is 0 Å². The highest BCUT2D eigenvalue weighted by Gasteiger charge is 2.23. The Bertz CT molecular complexity index is 331. The minimum absolute atomic E-state index is 0.0534. The van der Waals surface area contributed by atoms with Crippen molar-refractivity contribution in [3.8, 4) is 0 Å². The first-order chi connectivity index (χ1) is 9.41. The van der Waals surface area contributed by atoms with Gasteiger partial charge in [0.2, 0.25) is 11.8 Å². The second kappa shape index (κ2) is 8.25. The van der Waals surface area contributed by atoms with E-state index in [1.165, 1.54) is 0 Å². The molecule has 20 heavy (non-hydrogen) atoms. The number of nitrogens with two attached hydrogens (primary N) is 1. The molecule has 0 bridgehead atoms. The summed E-state index contributed by atoms with van der Waals surface area (Å²) < 4.78 is 0. The Kier molecular flexibility index (Phi) is 6.99. The second-order valence-electron chi connectivity index (χ2n) is 5.99. The molecular formula is C15H29N3O2. The molecule has 1 rings (SSSR count). The minimum Gasteiger partial charge on any atom is -0.341 e. The standard InChI is InChI=1S/C15H29N3O2/c1-12(6-4-7-13(2)16)15(20)18-9-5-8-17(10-11-18)14(3)19/h12-13H,4-11,16H2,1-3H3. The summed E-state index contributed by atoms with van der Waals surface area (Å²) in [6, 6.07) is 0.208. The molecule has 0 aromatic rings. The van der Waals surface area contributed by atoms with Crippen molar-refractivity contribution < 1.29 is 9.59 Å². The minimum atomic E-state index is 0.0534. The number of hydrogen-bond acceptors (Lipinski definition) is 3. The summed E-state index contributed by atoms with van der Waals surface area (Å²) in [6.45, 7) is 8.44. The molecule has 1 aliphatic rings. The van der Waals surface area contributed by atoms with Crippen molar-refractivity contribution in [2.45, 2.75) is 52.5 Å². The molecule has 1 fully saturated rings. The number of rotatable bonds is 5. The van der Waals surface area contributed by atoms with E-state index in [4.69, 9.17) is 5.73 Å². The highest BCUT2D eigenvalue weighted by Crippen LogP contribution is 2.14. The van der Waals surface area contributed by atoms with Crippen LogP contribution in [0.1, 0.15) is 46.5 Å². The van der Waals surface area contributed by atoms with Crippen LogP contribution in [0.25, 0.3) is 0 Å². The molecule has 2 unspecified atom stereocenters. The van der Waals surface area contributed by atoms with Gasteiger partial charge < -0.3 is 15.5 Å². The van der Waals surface area contributed by atoms with Crippen molar-refractivity contribution in [3.63, 3.8) is 0 Å². The number of hydrogen-bond donors (Lipinski definition) is 1. The van der Waals surface area contributed by atoms with Crippen LogP contribution in [0, 0.1) is 5.92 Å². The van der Waals surface area contributed by atoms with Gasteiger partial charge in [0.05, 0.1) is 0 Å². The van der Waals surface area contributed by atoms with Gasteiger partial charge in [0, 0.05) is 45.1 Å². The van der Waals surface area contributed by atoms with Gasteiger partial charge in [-0.05, 0) is 26.2 Å². The fourth-order valence-electron chi connectivity index (χ4n) is 2.63. The van der Waals surface area contributed by atoms with Crippen molar-refractivity contribution in [3.05, 3.63) is 0 Å². The average Bonchev–Trinajstić information content (AvgIpc) is 2.62. The van der Waals surface area contributed by atoms with Gasteiger partial charge in [0.1, 0.15) is 0 Å². The molecule has 5 nitrogen and oxygen atoms in total. The first-order valence-corrected chi connectivity index (χ1v) is 7.71. The molecule has 1 heterocycles. The van der Waals surface area contributed by atoms with Crippen LogP contribution in [0.5, 0.6) is 0 Å². The molecule has 0 saturated carbocycles. The van der Waals surface area contributed by atoms with Crippen LogP contribution in [-0.2, 0) is 9.59 Å². The van der Waals surface area contributed by atoms with Gasteiger partial charge >= 0.3 is 0 Å². The zero-order valence-electron chi connectivity index (χ0n) is 13.1. The summed E-state index contributed by atoms with van der Waals surface area (Å²) in [5, 5.41) is 0. The lowest BCUT2D eigenvalue weighted by Crippen LogP contribution is -2.39. The summed E-state index contributed by atoms with van der Waals surface area (Å²) in [4.78, 5) is 27.5. The summed E-state index contributed by atoms with van der Waals surface area (Å²) in [5.41, 5.74) is 5.73. The van der Waals surface area contributed by atoms with E-state index in [1.807, 2.05) is 23.6 Å². The SMILES string of the molecule is CC(=O)N1CCCN(C(=O)C(C)CCCC(C)N)CC1. The van der Waals surface area contributed by atoms with Crippen molar-refractivity contribution in [1.82, 2.24) is 9.80 Å². The summed E-state index contributed by atoms with van der Waals surface area (Å²) in [6.07, 6.45) is 3.74. The van der Waals surface area contributed by atoms with E-state index in [-0.39, 0.29) is 23.8 Å². The molecule has 1 aliphatic heterocycles. The third-order valence-electron chi connectivity index (χ3n) is 3.97. The zero-order chi connectivity index (χ0) is 15.1. The Morgan fingerprint density at radius 2 is 1.65 bits per heavy atom. The van der Waals surface area contributed by atoms with E-state index in [0.29, 0.717) is 13.1 Å². The van der Waals surface area contributed by atoms with Gasteiger partial charge in [-0.3, -0.25) is 9.59 Å². The van der Waals surface area contributed by atoms with Crippen LogP contribution in [-0.4, -0.2) is 53.8 Å². The van der Waals surface area contributed by atoms with Gasteiger partial charge in [-0.1, -0.05) is 13.3 Å². The molecule has 1 saturated heterocycles. The molecule has 2 atom stereocenters. The fraction of sp³-hybridized carbons (Fsp3) is 0.867. The average molecular weight is 283 g/mol. The summed E-state index contributed by atoms with van der Waals surface area (Å²) in [7, 11) is 0. The zero-order valence-corrected chi connectivity index (χ0v) is 13.1. The van der Waals surface area contributed by atoms with Crippen molar-refractivity contribution in [1.29, 1.82) is 0 Å². The Balaban J connectivity index is 2.40. The fourth-order valence-corrected chi connectivity index (χ4v) is 2.63. The normalized spacial score (nSPS) is 19.4. The van der Waals surface area contributed by atoms with E-state index in [0.717, 1.165) is 38.8 Å². The molecule has 0 aromatic carbocycles. The Labute approximate surface area is 122 Å². The van der Waals surface area contributed by atoms with E-state index in [2.05, 4.69) is 0 Å². The third-order valence-corrected chi connectivity index (χ3v) is 3.97. The number of carbonyl (C=O) groups is 2. The highest BCUT2D eigenvalue weighted by atomic mass is 16.2. The Morgan fingerprint density at radius 3 is 2.25 bits per heavy atom. The molecule has 2 N–H and O–H groups in total. The van der Waals surface area contributed by atoms with Crippen LogP contribution in [0.4, 0.5) is 0 Å². The smallest absolute Gasteiger partial charge is 0.225 e. The quantitative estimate of drug-likeness (QED) is 0.825. The van der Waals surface area contributed by atoms with Gasteiger partial charge in [-0.25, -0.2) is 0 Å². The van der Waals surface area contributed by atoms with E-state index >= 15 is 0 Å². The Morgan fingerprint density at radius 1 is 1.05 bits per heavy atom. The topological polar surface area (TPSA) is 66.6 Å². The molecule has 0 aliphatic carbocycles. The lowest BCUT2D eigenvalue weighted by atomic mass is 10.0. The van der Waals surface area contributed by atoms with Gasteiger partial charge in [0.15, 0.2) is 0 Å². The molecule has 0 radical (unpaired) electrons. The van der Waals surface area contributed by atoms with Crippen LogP contribution in [0.3, 0.4) is 0 Å². The van der Waals surface area contributed by atoms with Crippen molar-refractivity contribution in [2.75, 3.05) is 26.2 Å². The van der Waals surface area contributed by atoms with Crippen LogP contribution in [0.2, 0.25) is 0 Å². The van der Waals surface area contributed by atoms with E-state index in [1.54, 1.807) is 6.92 Å². The maximum atomic E-state index is 12.4. The lowest BCUT2D eigenvalue weighted by Gasteiger charge is -2.24. The summed E-state index contributed by atoms with van der Waals surface area (Å²) in [5.74, 6) is 0.377. The summed E-state index contributed by atoms with van der Waals surface area (Å²) >= 11 is 0. The second-order valence-corrected chi connectivity index (χ2v) is 5.99. The first-order valence-electron chi connectivity index (χ1n) is 7.71. The molecule has 116 valence electrons. The van der Waals surface area contributed by atoms with E-state index < -0.39 is 0 Å². The van der Waals surface area contributed by atoms with Crippen molar-refractivity contribution >= 4 is 11.8 Å². The largest absolute Gasteiger partial charge is 0.341 e. The third kappa shape index (κ3) is 5.49. The molecule has 0 aromatic heterocycles. The molecule has 2 amide bonds. The predicted octanol–water partition coefficient (Wildman–Crippen LogP) is 1.22. The maximum absolute atomic E-state index is 12.4. The van der Waals surface area contributed by atoms with Gasteiger partial charge in [-0.2, -0.15) is 0 Å². The maximum Gasteiger partial charge on any atom is 0.225 e. The molecule has 5 heteroatoms. The van der Waals surface area contributed by atoms with Crippen LogP contribution in [0.15, 0.2) is 0 Å². The van der Waals surface area contributed by atoms with Crippen LogP contribution >= 0.6 is 0 Å². The number of nitrogens with zero attached hydrogens (tertiary/aromatic N) is 2. The predicted molar refractivity (Wildman–Crippen MR) is 80.1 cm³/mol. The number of carbonyl (C=O) groups excluding carboxylic acids is 2. The monoisotopic (exact) mass is 283 g/mol. The Hall–Kier alpha value is -1.10. The number of amides is 2. The van der Waals surface area contributed by atoms with Gasteiger partial charge in [0.25, 0.3) is 0 Å². The van der Waals surface area contributed by atoms with Crippen LogP contribution < -0.4 is 5.73 Å². The van der Waals surface area contributed by atoms with E-state index in [9.17, 15) is 9.59 Å². The lowest BCUT2D eigenvalue weighted by molar-refractivity contribution is -0.135. The highest BCUT2D eigenvalue weighted by molar-refractivity contribution is 5.78. The first kappa shape index (κ1) is 17.0.